The van der Waals surface area contributed by atoms with Crippen LogP contribution in [-0.4, -0.2) is 142 Å². The number of carboxylic acid groups (broad SMARTS) is 1. The molecule has 17 nitrogen and oxygen atoms in total. The highest BCUT2D eigenvalue weighted by Gasteiger charge is 2.40. The molecule has 0 spiro atoms. The highest BCUT2D eigenvalue weighted by atomic mass is 32.2. The zero-order valence-electron chi connectivity index (χ0n) is 46.3. The van der Waals surface area contributed by atoms with Crippen LogP contribution in [-0.2, 0) is 28.5 Å². The summed E-state index contributed by atoms with van der Waals surface area (Å²) in [4.78, 5) is 76.1. The van der Waals surface area contributed by atoms with E-state index in [2.05, 4.69) is 70.6 Å². The predicted molar refractivity (Wildman–Crippen MR) is 315 cm³/mol. The molecular formula is C57H76N4O13S5. The third kappa shape index (κ3) is 23.9. The number of fused-ring (bicyclic) bond motifs is 4. The van der Waals surface area contributed by atoms with Crippen molar-refractivity contribution in [1.29, 1.82) is 0 Å². The van der Waals surface area contributed by atoms with Gasteiger partial charge in [-0.1, -0.05) is 52.0 Å². The van der Waals surface area contributed by atoms with Crippen LogP contribution in [0.25, 0.3) is 0 Å². The molecule has 4 aliphatic heterocycles. The number of nitrogens with one attached hydrogen (secondary N) is 2. The Balaban J connectivity index is 0.000000221. The molecular weight excluding hydrogens is 1110 g/mol. The Kier molecular flexibility index (Phi) is 27.8. The summed E-state index contributed by atoms with van der Waals surface area (Å²) in [6.45, 7) is 8.11. The second-order valence-electron chi connectivity index (χ2n) is 20.2. The zero-order valence-corrected chi connectivity index (χ0v) is 50.5. The third-order valence-electron chi connectivity index (χ3n) is 13.0. The van der Waals surface area contributed by atoms with Crippen LogP contribution in [0.5, 0.6) is 0 Å². The second-order valence-corrected chi connectivity index (χ2v) is 25.2. The molecule has 4 aromatic rings. The van der Waals surface area contributed by atoms with Gasteiger partial charge in [0.25, 0.3) is 21.9 Å². The number of piperidine rings is 2. The number of nitrogens with zero attached hydrogens (tertiary/aromatic N) is 2. The van der Waals surface area contributed by atoms with Crippen LogP contribution in [0.2, 0.25) is 0 Å². The molecule has 79 heavy (non-hydrogen) atoms. The number of thioether (sulfide) groups is 2. The normalized spacial score (nSPS) is 20.0. The lowest BCUT2D eigenvalue weighted by Crippen LogP contribution is -2.43. The summed E-state index contributed by atoms with van der Waals surface area (Å²) < 4.78 is 41.5. The molecule has 4 saturated heterocycles. The van der Waals surface area contributed by atoms with E-state index in [9.17, 15) is 37.2 Å². The molecule has 4 bridgehead atoms. The Morgan fingerprint density at radius 1 is 0.633 bits per heavy atom. The molecule has 22 heteroatoms. The molecule has 432 valence electrons. The minimum absolute atomic E-state index is 0.00380. The van der Waals surface area contributed by atoms with Crippen molar-refractivity contribution < 1.29 is 60.7 Å². The van der Waals surface area contributed by atoms with E-state index >= 15 is 0 Å². The minimum atomic E-state index is -3.28. The van der Waals surface area contributed by atoms with E-state index in [4.69, 9.17) is 18.8 Å². The summed E-state index contributed by atoms with van der Waals surface area (Å²) in [5.74, 6) is -1.45. The van der Waals surface area contributed by atoms with E-state index in [0.717, 1.165) is 53.4 Å². The molecule has 2 unspecified atom stereocenters. The predicted octanol–water partition coefficient (Wildman–Crippen LogP) is 10.9. The first-order valence-electron chi connectivity index (χ1n) is 26.0. The SMILES string of the molecule is CC(C)COC(=O)OC(=O)c1cccc(SC(=O)OCC(C)C)c1.CN1[C@@H]2CC[C@H]1CC(OS(C)(=O)=O)C2.CNC(=O)c1cccc(S)c1.CNC(=O)c1cccc(SC2C[C@H]3CC[C@@H](C2)N3C)c1.O=C(O)c1cccc(S)c1. The fraction of sp³-hybridized carbons (Fsp3) is 0.474. The molecule has 2 amide bonds. The van der Waals surface area contributed by atoms with Crippen molar-refractivity contribution in [2.75, 3.05) is 47.7 Å². The molecule has 6 atom stereocenters. The number of aromatic carboxylic acids is 1. The van der Waals surface area contributed by atoms with Crippen LogP contribution in [0.1, 0.15) is 120 Å². The maximum Gasteiger partial charge on any atom is 0.516 e. The van der Waals surface area contributed by atoms with Crippen LogP contribution in [0.4, 0.5) is 9.59 Å². The number of rotatable bonds is 13. The fourth-order valence-corrected chi connectivity index (χ4v) is 12.2. The number of hydrogen-bond acceptors (Lipinski definition) is 18. The van der Waals surface area contributed by atoms with Crippen molar-refractivity contribution in [3.8, 4) is 0 Å². The summed E-state index contributed by atoms with van der Waals surface area (Å²) >= 11 is 10.9. The third-order valence-corrected chi connectivity index (χ3v) is 16.2. The summed E-state index contributed by atoms with van der Waals surface area (Å²) in [6, 6.07) is 30.3. The fourth-order valence-electron chi connectivity index (χ4n) is 9.07. The standard InChI is InChI=1S/C17H22O6S.C16H22N2OS.C9H17NO3S.C8H9NOS.C7H6O2S/c1-11(2)9-21-16(19)23-15(18)13-6-5-7-14(8-13)24-17(20)22-10-12(3)4;1-17-16(19)11-4-3-5-14(8-11)20-15-9-12-6-7-13(10-15)18(12)2;1-10-7-3-4-8(10)6-9(5-7)13-14(2,11)12;1-9-8(10)6-3-2-4-7(11)5-6;8-7(9)5-2-1-3-6(10)4-5/h5-8,11-12H,9-10H2,1-4H3;3-5,8,12-13,15H,6-7,9-10H2,1-2H3,(H,17,19);7-9H,3-6H2,1-2H3;2-5,11H,1H3,(H,9,10);1-4,10H,(H,8,9)/t;12-,13+,15?;7-,8+,9?;;. The number of carboxylic acids is 1. The molecule has 8 rings (SSSR count). The number of carbonyl (C=O) groups excluding carboxylic acids is 5. The molecule has 0 aromatic heterocycles. The van der Waals surface area contributed by atoms with E-state index in [1.807, 2.05) is 63.7 Å². The van der Waals surface area contributed by atoms with Crippen molar-refractivity contribution in [2.24, 2.45) is 11.8 Å². The van der Waals surface area contributed by atoms with Gasteiger partial charge in [-0.2, -0.15) is 8.42 Å². The van der Waals surface area contributed by atoms with Gasteiger partial charge < -0.3 is 39.8 Å². The minimum Gasteiger partial charge on any atom is -0.478 e. The Morgan fingerprint density at radius 3 is 1.53 bits per heavy atom. The molecule has 4 aliphatic rings. The molecule has 4 aromatic carbocycles. The van der Waals surface area contributed by atoms with E-state index < -0.39 is 33.5 Å². The summed E-state index contributed by atoms with van der Waals surface area (Å²) in [6.07, 6.45) is 9.38. The number of carbonyl (C=O) groups is 6. The number of ether oxygens (including phenoxy) is 3. The van der Waals surface area contributed by atoms with Gasteiger partial charge in [0.15, 0.2) is 0 Å². The summed E-state index contributed by atoms with van der Waals surface area (Å²) in [5, 5.41) is 13.9. The molecule has 0 aliphatic carbocycles. The number of hydrogen-bond donors (Lipinski definition) is 5. The molecule has 3 N–H and O–H groups in total. The van der Waals surface area contributed by atoms with Gasteiger partial charge >= 0.3 is 23.4 Å². The zero-order chi connectivity index (χ0) is 58.4. The van der Waals surface area contributed by atoms with Crippen LogP contribution < -0.4 is 10.6 Å². The number of benzene rings is 4. The van der Waals surface area contributed by atoms with Crippen molar-refractivity contribution >= 4 is 94.1 Å². The van der Waals surface area contributed by atoms with Gasteiger partial charge in [-0.3, -0.25) is 13.8 Å². The van der Waals surface area contributed by atoms with E-state index in [0.29, 0.717) is 39.3 Å². The highest BCUT2D eigenvalue weighted by molar-refractivity contribution is 8.13. The van der Waals surface area contributed by atoms with Gasteiger partial charge in [0.2, 0.25) is 0 Å². The smallest absolute Gasteiger partial charge is 0.478 e. The lowest BCUT2D eigenvalue weighted by atomic mass is 10.0. The topological polar surface area (TPSA) is 224 Å². The first-order valence-corrected chi connectivity index (χ1v) is 30.4. The quantitative estimate of drug-likeness (QED) is 0.0276. The van der Waals surface area contributed by atoms with E-state index in [1.54, 1.807) is 56.6 Å². The Morgan fingerprint density at radius 2 is 1.06 bits per heavy atom. The van der Waals surface area contributed by atoms with Gasteiger partial charge in [-0.25, -0.2) is 19.2 Å². The van der Waals surface area contributed by atoms with Gasteiger partial charge in [-0.05, 0) is 162 Å². The van der Waals surface area contributed by atoms with Gasteiger partial charge in [-0.15, -0.1) is 37.0 Å². The average Bonchev–Trinajstić information content (AvgIpc) is 3.76. The summed E-state index contributed by atoms with van der Waals surface area (Å²) in [7, 11) is 4.40. The maximum absolute atomic E-state index is 11.9. The number of amides is 2. The van der Waals surface area contributed by atoms with Crippen LogP contribution in [0, 0.1) is 11.8 Å². The van der Waals surface area contributed by atoms with Crippen molar-refractivity contribution in [3.05, 3.63) is 119 Å². The van der Waals surface area contributed by atoms with Crippen LogP contribution in [0.15, 0.2) is 117 Å². The van der Waals surface area contributed by atoms with Gasteiger partial charge in [0.05, 0.1) is 36.7 Å². The number of esters is 1. The monoisotopic (exact) mass is 1180 g/mol. The molecule has 0 saturated carbocycles. The first kappa shape index (κ1) is 66.4. The van der Waals surface area contributed by atoms with Crippen LogP contribution in [0.3, 0.4) is 0 Å². The second kappa shape index (κ2) is 33.0. The molecule has 4 heterocycles. The van der Waals surface area contributed by atoms with E-state index in [-0.39, 0.29) is 47.5 Å². The van der Waals surface area contributed by atoms with Crippen molar-refractivity contribution in [2.45, 2.75) is 134 Å². The highest BCUT2D eigenvalue weighted by Crippen LogP contribution is 2.41. The average molecular weight is 1190 g/mol. The number of thiol groups is 2. The maximum atomic E-state index is 11.9. The Bertz CT molecular complexity index is 2760. The largest absolute Gasteiger partial charge is 0.516 e. The van der Waals surface area contributed by atoms with Gasteiger partial charge in [0.1, 0.15) is 0 Å². The summed E-state index contributed by atoms with van der Waals surface area (Å²) in [5.41, 5.74) is 1.82. The van der Waals surface area contributed by atoms with Gasteiger partial charge in [0, 0.05) is 74.2 Å². The molecule has 4 fully saturated rings. The first-order chi connectivity index (χ1) is 37.3. The van der Waals surface area contributed by atoms with E-state index in [1.165, 1.54) is 67.7 Å². The van der Waals surface area contributed by atoms with Crippen LogP contribution >= 0.6 is 48.8 Å². The Labute approximate surface area is 485 Å². The Hall–Kier alpha value is -5.07. The lowest BCUT2D eigenvalue weighted by molar-refractivity contribution is 0.0349. The van der Waals surface area contributed by atoms with Crippen molar-refractivity contribution in [1.82, 2.24) is 20.4 Å². The molecule has 0 radical (unpaired) electrons. The lowest BCUT2D eigenvalue weighted by Gasteiger charge is -2.36. The van der Waals surface area contributed by atoms with Crippen molar-refractivity contribution in [3.63, 3.8) is 0 Å².